The number of halogens is 1. The normalized spacial score (nSPS) is 21.2. The van der Waals surface area contributed by atoms with Crippen molar-refractivity contribution in [2.75, 3.05) is 25.1 Å². The molecule has 166 valence electrons. The highest BCUT2D eigenvalue weighted by atomic mass is 32.2. The Morgan fingerprint density at radius 2 is 2.29 bits per heavy atom. The molecule has 0 saturated carbocycles. The molecule has 0 aromatic carbocycles. The lowest BCUT2D eigenvalue weighted by atomic mass is 10.0. The van der Waals surface area contributed by atoms with Gasteiger partial charge in [0, 0.05) is 17.2 Å². The number of aromatic nitrogens is 1. The van der Waals surface area contributed by atoms with Crippen LogP contribution in [0, 0.1) is 5.13 Å². The Labute approximate surface area is 187 Å². The van der Waals surface area contributed by atoms with Gasteiger partial charge in [-0.3, -0.25) is 14.5 Å². The predicted molar refractivity (Wildman–Crippen MR) is 116 cm³/mol. The van der Waals surface area contributed by atoms with E-state index in [0.717, 1.165) is 12.0 Å². The van der Waals surface area contributed by atoms with Crippen molar-refractivity contribution in [2.45, 2.75) is 11.4 Å². The number of hydrogen-bond acceptors (Lipinski definition) is 11. The Bertz CT molecular complexity index is 1010. The molecular formula is C16H17FN6O5S3. The molecule has 6 N–H and O–H groups in total. The number of oxime groups is 1. The van der Waals surface area contributed by atoms with Crippen molar-refractivity contribution in [3.8, 4) is 0 Å². The highest BCUT2D eigenvalue weighted by molar-refractivity contribution is 8.08. The van der Waals surface area contributed by atoms with E-state index in [2.05, 4.69) is 20.3 Å². The summed E-state index contributed by atoms with van der Waals surface area (Å²) in [4.78, 5) is 47.1. The third kappa shape index (κ3) is 4.53. The number of rotatable bonds is 8. The average Bonchev–Trinajstić information content (AvgIpc) is 3.06. The number of β-lactam (4-membered cyclic amide) rings is 1. The first-order valence-electron chi connectivity index (χ1n) is 8.57. The van der Waals surface area contributed by atoms with Crippen molar-refractivity contribution in [1.29, 1.82) is 0 Å². The number of thiazole rings is 1. The van der Waals surface area contributed by atoms with Gasteiger partial charge in [0.2, 0.25) is 5.13 Å². The van der Waals surface area contributed by atoms with E-state index in [4.69, 9.17) is 11.5 Å². The van der Waals surface area contributed by atoms with Crippen LogP contribution < -0.4 is 16.8 Å². The number of aliphatic carboxylic acids is 1. The van der Waals surface area contributed by atoms with Crippen molar-refractivity contribution >= 4 is 63.5 Å². The lowest BCUT2D eigenvalue weighted by Gasteiger charge is -2.49. The minimum Gasteiger partial charge on any atom is -0.477 e. The number of nitrogens with one attached hydrogen (secondary N) is 1. The summed E-state index contributed by atoms with van der Waals surface area (Å²) in [5.41, 5.74) is 9.82. The van der Waals surface area contributed by atoms with Gasteiger partial charge in [-0.05, 0) is 5.41 Å². The van der Waals surface area contributed by atoms with Crippen LogP contribution in [0.2, 0.25) is 0 Å². The van der Waals surface area contributed by atoms with Gasteiger partial charge in [0.05, 0.1) is 0 Å². The van der Waals surface area contributed by atoms with E-state index >= 15 is 0 Å². The summed E-state index contributed by atoms with van der Waals surface area (Å²) in [6.07, 6.45) is 1.66. The SMILES string of the molecule is CO/N=C(\C(=O)NC1C(=O)N2C(C(=O)O)=C(S/C=C\CN)CS[C@H]12)c1nc(N)sc1F. The van der Waals surface area contributed by atoms with Crippen molar-refractivity contribution in [1.82, 2.24) is 15.2 Å². The van der Waals surface area contributed by atoms with E-state index in [1.807, 2.05) is 0 Å². The summed E-state index contributed by atoms with van der Waals surface area (Å²) in [5.74, 6) is -2.46. The molecule has 0 bridgehead atoms. The fourth-order valence-electron chi connectivity index (χ4n) is 2.82. The van der Waals surface area contributed by atoms with Gasteiger partial charge >= 0.3 is 5.97 Å². The number of thioether (sulfide) groups is 2. The van der Waals surface area contributed by atoms with Crippen LogP contribution in [0.4, 0.5) is 9.52 Å². The van der Waals surface area contributed by atoms with Crippen molar-refractivity contribution in [2.24, 2.45) is 10.9 Å². The van der Waals surface area contributed by atoms with E-state index < -0.39 is 45.7 Å². The van der Waals surface area contributed by atoms with Crippen LogP contribution in [0.15, 0.2) is 27.2 Å². The minimum atomic E-state index is -1.26. The number of amides is 2. The molecule has 1 fully saturated rings. The molecule has 3 rings (SSSR count). The summed E-state index contributed by atoms with van der Waals surface area (Å²) in [6, 6.07) is -1.03. The molecule has 0 spiro atoms. The number of carboxylic acid groups (broad SMARTS) is 1. The topological polar surface area (TPSA) is 173 Å². The maximum atomic E-state index is 14.0. The molecule has 1 saturated heterocycles. The first kappa shape index (κ1) is 23.1. The van der Waals surface area contributed by atoms with E-state index in [1.54, 1.807) is 11.5 Å². The number of hydrogen-bond donors (Lipinski definition) is 4. The molecule has 1 aromatic heterocycles. The number of carboxylic acids is 1. The highest BCUT2D eigenvalue weighted by Crippen LogP contribution is 2.43. The molecule has 1 aromatic rings. The van der Waals surface area contributed by atoms with Crippen LogP contribution in [-0.2, 0) is 19.2 Å². The molecular weight excluding hydrogens is 471 g/mol. The van der Waals surface area contributed by atoms with Crippen LogP contribution >= 0.6 is 34.9 Å². The summed E-state index contributed by atoms with van der Waals surface area (Å²) in [5, 5.41) is 15.6. The van der Waals surface area contributed by atoms with Gasteiger partial charge in [0.1, 0.15) is 29.9 Å². The zero-order valence-electron chi connectivity index (χ0n) is 15.9. The summed E-state index contributed by atoms with van der Waals surface area (Å²) >= 11 is 2.98. The van der Waals surface area contributed by atoms with E-state index in [0.29, 0.717) is 28.5 Å². The molecule has 0 radical (unpaired) electrons. The van der Waals surface area contributed by atoms with Gasteiger partial charge in [0.15, 0.2) is 10.8 Å². The Kier molecular flexibility index (Phi) is 7.19. The average molecular weight is 489 g/mol. The fraction of sp³-hybridized carbons (Fsp3) is 0.312. The zero-order valence-corrected chi connectivity index (χ0v) is 18.4. The molecule has 2 aliphatic heterocycles. The summed E-state index contributed by atoms with van der Waals surface area (Å²) < 4.78 is 14.0. The lowest BCUT2D eigenvalue weighted by Crippen LogP contribution is -2.71. The Morgan fingerprint density at radius 3 is 2.87 bits per heavy atom. The van der Waals surface area contributed by atoms with Crippen LogP contribution in [-0.4, -0.2) is 69.3 Å². The second-order valence-corrected chi connectivity index (χ2v) is 9.05. The largest absolute Gasteiger partial charge is 0.477 e. The van der Waals surface area contributed by atoms with Gasteiger partial charge in [-0.2, -0.15) is 4.39 Å². The Morgan fingerprint density at radius 1 is 1.55 bits per heavy atom. The summed E-state index contributed by atoms with van der Waals surface area (Å²) in [7, 11) is 1.16. The molecule has 1 unspecified atom stereocenters. The third-order valence-corrected chi connectivity index (χ3v) is 7.18. The Hall–Kier alpha value is -2.62. The fourth-order valence-corrected chi connectivity index (χ4v) is 5.72. The van der Waals surface area contributed by atoms with E-state index in [1.165, 1.54) is 23.5 Å². The number of anilines is 1. The number of carbonyl (C=O) groups excluding carboxylic acids is 2. The van der Waals surface area contributed by atoms with Crippen molar-refractivity contribution in [3.05, 3.63) is 32.9 Å². The number of fused-ring (bicyclic) bond motifs is 1. The van der Waals surface area contributed by atoms with Crippen molar-refractivity contribution in [3.63, 3.8) is 0 Å². The van der Waals surface area contributed by atoms with E-state index in [9.17, 15) is 23.9 Å². The predicted octanol–water partition coefficient (Wildman–Crippen LogP) is 0.117. The Balaban J connectivity index is 1.79. The third-order valence-electron chi connectivity index (χ3n) is 4.09. The number of nitrogens with zero attached hydrogens (tertiary/aromatic N) is 3. The maximum absolute atomic E-state index is 14.0. The molecule has 2 atom stereocenters. The van der Waals surface area contributed by atoms with Gasteiger partial charge in [-0.1, -0.05) is 34.3 Å². The van der Waals surface area contributed by atoms with E-state index in [-0.39, 0.29) is 10.8 Å². The first-order valence-corrected chi connectivity index (χ1v) is 11.3. The second kappa shape index (κ2) is 9.67. The van der Waals surface area contributed by atoms with Crippen LogP contribution in [0.1, 0.15) is 5.69 Å². The molecule has 31 heavy (non-hydrogen) atoms. The monoisotopic (exact) mass is 488 g/mol. The van der Waals surface area contributed by atoms with Crippen LogP contribution in [0.25, 0.3) is 0 Å². The first-order chi connectivity index (χ1) is 14.8. The smallest absolute Gasteiger partial charge is 0.353 e. The summed E-state index contributed by atoms with van der Waals surface area (Å²) in [6.45, 7) is 0.297. The second-order valence-electron chi connectivity index (χ2n) is 5.96. The molecule has 15 heteroatoms. The number of carbonyl (C=O) groups is 3. The molecule has 2 aliphatic rings. The molecule has 11 nitrogen and oxygen atoms in total. The lowest BCUT2D eigenvalue weighted by molar-refractivity contribution is -0.150. The highest BCUT2D eigenvalue weighted by Gasteiger charge is 2.54. The molecule has 0 aliphatic carbocycles. The maximum Gasteiger partial charge on any atom is 0.353 e. The van der Waals surface area contributed by atoms with Gasteiger partial charge in [-0.25, -0.2) is 9.78 Å². The van der Waals surface area contributed by atoms with Crippen LogP contribution in [0.3, 0.4) is 0 Å². The van der Waals surface area contributed by atoms with Crippen molar-refractivity contribution < 1.29 is 28.7 Å². The number of nitrogen functional groups attached to an aromatic ring is 1. The standard InChI is InChI=1S/C16H17FN6O5S3/c1-28-22-8(7-11(17)31-16(19)21-7)12(24)20-9-13(25)23-10(15(26)27)6(5-30-14(9)23)29-4-2-3-18/h2,4,9,14H,3,5,18H2,1H3,(H2,19,21)(H,20,24)(H,26,27)/b4-2-,22-8-/t9?,14-/m1/s1. The van der Waals surface area contributed by atoms with Gasteiger partial charge < -0.3 is 26.7 Å². The zero-order chi connectivity index (χ0) is 22.7. The number of nitrogens with two attached hydrogens (primary N) is 2. The molecule has 3 heterocycles. The van der Waals surface area contributed by atoms with Gasteiger partial charge in [-0.15, -0.1) is 11.8 Å². The minimum absolute atomic E-state index is 0.109. The quantitative estimate of drug-likeness (QED) is 0.223. The van der Waals surface area contributed by atoms with Gasteiger partial charge in [0.25, 0.3) is 11.8 Å². The van der Waals surface area contributed by atoms with Crippen LogP contribution in [0.5, 0.6) is 0 Å². The molecule has 2 amide bonds.